The van der Waals surface area contributed by atoms with Crippen LogP contribution in [0.3, 0.4) is 0 Å². The van der Waals surface area contributed by atoms with Gasteiger partial charge in [0.05, 0.1) is 4.58 Å². The van der Waals surface area contributed by atoms with E-state index in [0.29, 0.717) is 4.58 Å². The summed E-state index contributed by atoms with van der Waals surface area (Å²) in [5.74, 6) is 2.61. The van der Waals surface area contributed by atoms with Gasteiger partial charge in [-0.1, -0.05) is 54.6 Å². The van der Waals surface area contributed by atoms with Gasteiger partial charge < -0.3 is 0 Å². The Bertz CT molecular complexity index is 484. The molecular weight excluding hydrogens is 256 g/mol. The van der Waals surface area contributed by atoms with Crippen molar-refractivity contribution in [2.45, 2.75) is 11.0 Å². The van der Waals surface area contributed by atoms with Gasteiger partial charge in [-0.15, -0.1) is 23.5 Å². The van der Waals surface area contributed by atoms with Crippen LogP contribution in [0.25, 0.3) is 11.1 Å². The summed E-state index contributed by atoms with van der Waals surface area (Å²) in [6.07, 6.45) is 1.36. The lowest BCUT2D eigenvalue weighted by Crippen LogP contribution is -1.99. The Kier molecular flexibility index (Phi) is 3.96. The van der Waals surface area contributed by atoms with E-state index in [1.54, 1.807) is 0 Å². The number of hydrogen-bond acceptors (Lipinski definition) is 2. The second kappa shape index (κ2) is 5.85. The molecule has 0 aliphatic carbocycles. The highest BCUT2D eigenvalue weighted by molar-refractivity contribution is 8.16. The smallest absolute Gasteiger partial charge is 0.0751 e. The first kappa shape index (κ1) is 12.2. The Morgan fingerprint density at radius 2 is 1.33 bits per heavy atom. The van der Waals surface area contributed by atoms with Crippen molar-refractivity contribution in [2.75, 3.05) is 11.5 Å². The van der Waals surface area contributed by atoms with Crippen molar-refractivity contribution in [1.82, 2.24) is 0 Å². The lowest BCUT2D eigenvalue weighted by molar-refractivity contribution is 1.10. The van der Waals surface area contributed by atoms with Gasteiger partial charge in [0.1, 0.15) is 0 Å². The lowest BCUT2D eigenvalue weighted by Gasteiger charge is -2.21. The molecule has 0 spiro atoms. The Morgan fingerprint density at radius 1 is 0.722 bits per heavy atom. The van der Waals surface area contributed by atoms with E-state index in [1.807, 2.05) is 0 Å². The molecule has 0 atom stereocenters. The largest absolute Gasteiger partial charge is 0.143 e. The van der Waals surface area contributed by atoms with Crippen molar-refractivity contribution in [1.29, 1.82) is 0 Å². The fraction of sp³-hybridized carbons (Fsp3) is 0.250. The van der Waals surface area contributed by atoms with E-state index in [1.165, 1.54) is 34.6 Å². The van der Waals surface area contributed by atoms with Gasteiger partial charge in [0.15, 0.2) is 0 Å². The predicted octanol–water partition coefficient (Wildman–Crippen LogP) is 5.22. The van der Waals surface area contributed by atoms with Crippen LogP contribution in [-0.2, 0) is 0 Å². The van der Waals surface area contributed by atoms with Crippen LogP contribution in [0.15, 0.2) is 54.6 Å². The average Bonchev–Trinajstić information content (AvgIpc) is 2.49. The minimum atomic E-state index is 0.642. The number of thioether (sulfide) groups is 2. The Labute approximate surface area is 117 Å². The molecule has 2 heteroatoms. The minimum absolute atomic E-state index is 0.642. The number of benzene rings is 2. The highest BCUT2D eigenvalue weighted by atomic mass is 32.2. The topological polar surface area (TPSA) is 0 Å². The first-order chi connectivity index (χ1) is 8.93. The predicted molar refractivity (Wildman–Crippen MR) is 84.2 cm³/mol. The molecule has 0 N–H and O–H groups in total. The van der Waals surface area contributed by atoms with Gasteiger partial charge in [0.2, 0.25) is 0 Å². The van der Waals surface area contributed by atoms with Crippen molar-refractivity contribution in [3.63, 3.8) is 0 Å². The average molecular weight is 272 g/mol. The summed E-state index contributed by atoms with van der Waals surface area (Å²) in [6, 6.07) is 19.7. The van der Waals surface area contributed by atoms with Crippen LogP contribution in [0.1, 0.15) is 16.6 Å². The maximum atomic E-state index is 2.29. The molecule has 0 radical (unpaired) electrons. The number of hydrogen-bond donors (Lipinski definition) is 0. The van der Waals surface area contributed by atoms with E-state index in [-0.39, 0.29) is 0 Å². The second-order valence-electron chi connectivity index (χ2n) is 4.42. The molecule has 18 heavy (non-hydrogen) atoms. The molecule has 1 fully saturated rings. The molecule has 0 saturated carbocycles. The fourth-order valence-electron chi connectivity index (χ4n) is 2.14. The second-order valence-corrected chi connectivity index (χ2v) is 7.14. The van der Waals surface area contributed by atoms with Gasteiger partial charge in [-0.05, 0) is 34.6 Å². The van der Waals surface area contributed by atoms with Crippen molar-refractivity contribution in [3.05, 3.63) is 60.2 Å². The monoisotopic (exact) mass is 272 g/mol. The molecule has 0 unspecified atom stereocenters. The Morgan fingerprint density at radius 3 is 2.00 bits per heavy atom. The molecule has 1 aliphatic heterocycles. The first-order valence-electron chi connectivity index (χ1n) is 6.32. The first-order valence-corrected chi connectivity index (χ1v) is 8.42. The van der Waals surface area contributed by atoms with Gasteiger partial charge >= 0.3 is 0 Å². The number of rotatable bonds is 2. The summed E-state index contributed by atoms with van der Waals surface area (Å²) < 4.78 is 0.642. The molecule has 1 heterocycles. The molecule has 0 amide bonds. The van der Waals surface area contributed by atoms with Crippen molar-refractivity contribution in [3.8, 4) is 11.1 Å². The van der Waals surface area contributed by atoms with Crippen LogP contribution in [0, 0.1) is 0 Å². The summed E-state index contributed by atoms with van der Waals surface area (Å²) in [6.45, 7) is 0. The summed E-state index contributed by atoms with van der Waals surface area (Å²) in [7, 11) is 0. The van der Waals surface area contributed by atoms with Gasteiger partial charge in [0.25, 0.3) is 0 Å². The van der Waals surface area contributed by atoms with E-state index in [2.05, 4.69) is 78.1 Å². The third-order valence-electron chi connectivity index (χ3n) is 3.12. The maximum Gasteiger partial charge on any atom is 0.0751 e. The van der Waals surface area contributed by atoms with Crippen LogP contribution >= 0.6 is 23.5 Å². The third kappa shape index (κ3) is 2.76. The Balaban J connectivity index is 1.80. The van der Waals surface area contributed by atoms with Gasteiger partial charge in [0, 0.05) is 0 Å². The van der Waals surface area contributed by atoms with Crippen LogP contribution in [0.5, 0.6) is 0 Å². The summed E-state index contributed by atoms with van der Waals surface area (Å²) in [4.78, 5) is 0. The van der Waals surface area contributed by atoms with Crippen LogP contribution in [-0.4, -0.2) is 11.5 Å². The van der Waals surface area contributed by atoms with Gasteiger partial charge in [-0.25, -0.2) is 0 Å². The van der Waals surface area contributed by atoms with Crippen LogP contribution in [0.4, 0.5) is 0 Å². The fourth-order valence-corrected chi connectivity index (χ4v) is 5.04. The molecule has 2 aromatic rings. The standard InChI is InChI=1S/C16H16S2/c1-2-5-13(6-3-1)14-7-9-15(10-8-14)16-17-11-4-12-18-16/h1-3,5-10,16H,4,11-12H2. The molecule has 1 aliphatic rings. The normalized spacial score (nSPS) is 16.7. The van der Waals surface area contributed by atoms with Crippen molar-refractivity contribution < 1.29 is 0 Å². The minimum Gasteiger partial charge on any atom is -0.143 e. The molecule has 0 aromatic heterocycles. The summed E-state index contributed by atoms with van der Waals surface area (Å²) >= 11 is 4.16. The van der Waals surface area contributed by atoms with Crippen LogP contribution < -0.4 is 0 Å². The van der Waals surface area contributed by atoms with E-state index < -0.39 is 0 Å². The molecule has 2 aromatic carbocycles. The van der Waals surface area contributed by atoms with Crippen LogP contribution in [0.2, 0.25) is 0 Å². The van der Waals surface area contributed by atoms with E-state index in [9.17, 15) is 0 Å². The molecule has 0 nitrogen and oxygen atoms in total. The molecule has 1 saturated heterocycles. The third-order valence-corrected chi connectivity index (χ3v) is 6.13. The zero-order chi connectivity index (χ0) is 12.2. The molecule has 3 rings (SSSR count). The van der Waals surface area contributed by atoms with E-state index in [0.717, 1.165) is 0 Å². The zero-order valence-electron chi connectivity index (χ0n) is 10.2. The SMILES string of the molecule is c1ccc(-c2ccc(C3SCCCS3)cc2)cc1. The van der Waals surface area contributed by atoms with Crippen molar-refractivity contribution >= 4 is 23.5 Å². The Hall–Kier alpha value is -0.860. The molecule has 0 bridgehead atoms. The molecule has 92 valence electrons. The highest BCUT2D eigenvalue weighted by Crippen LogP contribution is 2.43. The quantitative estimate of drug-likeness (QED) is 0.735. The van der Waals surface area contributed by atoms with Gasteiger partial charge in [-0.2, -0.15) is 0 Å². The highest BCUT2D eigenvalue weighted by Gasteiger charge is 2.16. The molecular formula is C16H16S2. The van der Waals surface area contributed by atoms with E-state index >= 15 is 0 Å². The summed E-state index contributed by atoms with van der Waals surface area (Å²) in [5.41, 5.74) is 4.07. The van der Waals surface area contributed by atoms with Crippen molar-refractivity contribution in [2.24, 2.45) is 0 Å². The maximum absolute atomic E-state index is 2.29. The van der Waals surface area contributed by atoms with Gasteiger partial charge in [-0.3, -0.25) is 0 Å². The summed E-state index contributed by atoms with van der Waals surface area (Å²) in [5, 5.41) is 0. The lowest BCUT2D eigenvalue weighted by atomic mass is 10.0. The van der Waals surface area contributed by atoms with E-state index in [4.69, 9.17) is 0 Å². The zero-order valence-corrected chi connectivity index (χ0v) is 11.8.